The number of nitrogens with zero attached hydrogens (tertiary/aromatic N) is 1. The number of aryl methyl sites for hydroxylation is 1. The van der Waals surface area contributed by atoms with Crippen molar-refractivity contribution < 1.29 is 4.79 Å². The van der Waals surface area contributed by atoms with E-state index in [1.54, 1.807) is 6.07 Å². The monoisotopic (exact) mass is 296 g/mol. The highest BCUT2D eigenvalue weighted by molar-refractivity contribution is 6.30. The highest BCUT2D eigenvalue weighted by Gasteiger charge is 2.16. The Morgan fingerprint density at radius 3 is 2.20 bits per heavy atom. The zero-order valence-electron chi connectivity index (χ0n) is 13.0. The summed E-state index contributed by atoms with van der Waals surface area (Å²) in [5, 5.41) is 3.66. The van der Waals surface area contributed by atoms with Gasteiger partial charge < -0.3 is 10.2 Å². The van der Waals surface area contributed by atoms with Gasteiger partial charge in [0.15, 0.2) is 0 Å². The third kappa shape index (κ3) is 5.41. The lowest BCUT2D eigenvalue weighted by atomic mass is 10.1. The molecule has 0 unspecified atom stereocenters. The molecule has 0 aliphatic rings. The SMILES string of the molecule is Cc1cc(Cl)ccc1NC(=O)N(CC(C)C)CC(C)C. The van der Waals surface area contributed by atoms with Gasteiger partial charge in [0.25, 0.3) is 0 Å². The number of nitrogens with one attached hydrogen (secondary N) is 1. The van der Waals surface area contributed by atoms with Gasteiger partial charge in [0.2, 0.25) is 0 Å². The first-order chi connectivity index (χ1) is 9.29. The van der Waals surface area contributed by atoms with E-state index in [-0.39, 0.29) is 6.03 Å². The molecule has 0 aliphatic carbocycles. The number of urea groups is 1. The topological polar surface area (TPSA) is 32.3 Å². The van der Waals surface area contributed by atoms with E-state index >= 15 is 0 Å². The smallest absolute Gasteiger partial charge is 0.321 e. The Morgan fingerprint density at radius 2 is 1.75 bits per heavy atom. The molecule has 2 amide bonds. The third-order valence-corrected chi connectivity index (χ3v) is 3.12. The standard InChI is InChI=1S/C16H25ClN2O/c1-11(2)9-19(10-12(3)4)16(20)18-15-7-6-14(17)8-13(15)5/h6-8,11-12H,9-10H2,1-5H3,(H,18,20). The molecule has 0 atom stereocenters. The molecule has 1 aromatic rings. The fraction of sp³-hybridized carbons (Fsp3) is 0.562. The Hall–Kier alpha value is -1.22. The van der Waals surface area contributed by atoms with Crippen LogP contribution in [0.15, 0.2) is 18.2 Å². The molecule has 112 valence electrons. The second-order valence-electron chi connectivity index (χ2n) is 6.08. The number of hydrogen-bond donors (Lipinski definition) is 1. The second-order valence-corrected chi connectivity index (χ2v) is 6.52. The first kappa shape index (κ1) is 16.8. The minimum absolute atomic E-state index is 0.0437. The molecule has 0 spiro atoms. The molecule has 0 saturated heterocycles. The second kappa shape index (κ2) is 7.53. The van der Waals surface area contributed by atoms with E-state index in [9.17, 15) is 4.79 Å². The molecule has 0 bridgehead atoms. The maximum Gasteiger partial charge on any atom is 0.321 e. The molecular formula is C16H25ClN2O. The first-order valence-electron chi connectivity index (χ1n) is 7.11. The highest BCUT2D eigenvalue weighted by Crippen LogP contribution is 2.20. The molecule has 0 aliphatic heterocycles. The Balaban J connectivity index is 2.79. The maximum atomic E-state index is 12.4. The zero-order valence-corrected chi connectivity index (χ0v) is 13.8. The van der Waals surface area contributed by atoms with Crippen LogP contribution in [-0.4, -0.2) is 24.0 Å². The van der Waals surface area contributed by atoms with Gasteiger partial charge in [-0.1, -0.05) is 39.3 Å². The van der Waals surface area contributed by atoms with Crippen LogP contribution in [0.5, 0.6) is 0 Å². The van der Waals surface area contributed by atoms with Crippen molar-refractivity contribution in [2.24, 2.45) is 11.8 Å². The molecule has 1 aromatic carbocycles. The summed E-state index contributed by atoms with van der Waals surface area (Å²) >= 11 is 5.93. The van der Waals surface area contributed by atoms with E-state index in [1.165, 1.54) is 0 Å². The van der Waals surface area contributed by atoms with Gasteiger partial charge in [0.05, 0.1) is 0 Å². The molecule has 0 saturated carbocycles. The fourth-order valence-electron chi connectivity index (χ4n) is 2.08. The lowest BCUT2D eigenvalue weighted by molar-refractivity contribution is 0.196. The number of rotatable bonds is 5. The normalized spacial score (nSPS) is 11.0. The van der Waals surface area contributed by atoms with Crippen LogP contribution in [0.4, 0.5) is 10.5 Å². The van der Waals surface area contributed by atoms with Crippen LogP contribution in [0.3, 0.4) is 0 Å². The Kier molecular flexibility index (Phi) is 6.34. The maximum absolute atomic E-state index is 12.4. The van der Waals surface area contributed by atoms with Crippen molar-refractivity contribution in [1.29, 1.82) is 0 Å². The summed E-state index contributed by atoms with van der Waals surface area (Å²) in [5.41, 5.74) is 1.79. The van der Waals surface area contributed by atoms with Crippen molar-refractivity contribution >= 4 is 23.3 Å². The Bertz CT molecular complexity index is 448. The van der Waals surface area contributed by atoms with Gasteiger partial charge in [-0.3, -0.25) is 0 Å². The van der Waals surface area contributed by atoms with E-state index in [4.69, 9.17) is 11.6 Å². The van der Waals surface area contributed by atoms with Crippen molar-refractivity contribution in [1.82, 2.24) is 4.90 Å². The summed E-state index contributed by atoms with van der Waals surface area (Å²) in [7, 11) is 0. The molecule has 0 radical (unpaired) electrons. The van der Waals surface area contributed by atoms with Gasteiger partial charge >= 0.3 is 6.03 Å². The number of hydrogen-bond acceptors (Lipinski definition) is 1. The van der Waals surface area contributed by atoms with Crippen molar-refractivity contribution in [3.8, 4) is 0 Å². The largest absolute Gasteiger partial charge is 0.324 e. The van der Waals surface area contributed by atoms with E-state index in [0.29, 0.717) is 16.9 Å². The Morgan fingerprint density at radius 1 is 1.20 bits per heavy atom. The Labute approximate surface area is 127 Å². The van der Waals surface area contributed by atoms with Crippen LogP contribution in [0.2, 0.25) is 5.02 Å². The lowest BCUT2D eigenvalue weighted by Gasteiger charge is -2.27. The lowest BCUT2D eigenvalue weighted by Crippen LogP contribution is -2.40. The van der Waals surface area contributed by atoms with Crippen LogP contribution < -0.4 is 5.32 Å². The summed E-state index contributed by atoms with van der Waals surface area (Å²) in [5.74, 6) is 0.900. The van der Waals surface area contributed by atoms with E-state index < -0.39 is 0 Å². The minimum atomic E-state index is -0.0437. The quantitative estimate of drug-likeness (QED) is 0.832. The number of halogens is 1. The molecule has 4 heteroatoms. The van der Waals surface area contributed by atoms with Gasteiger partial charge in [-0.25, -0.2) is 4.79 Å². The molecule has 1 N–H and O–H groups in total. The van der Waals surface area contributed by atoms with Gasteiger partial charge in [0.1, 0.15) is 0 Å². The number of carbonyl (C=O) groups excluding carboxylic acids is 1. The summed E-state index contributed by atoms with van der Waals surface area (Å²) < 4.78 is 0. The van der Waals surface area contributed by atoms with E-state index in [0.717, 1.165) is 24.3 Å². The molecule has 0 fully saturated rings. The van der Waals surface area contributed by atoms with Crippen molar-refractivity contribution in [2.45, 2.75) is 34.6 Å². The van der Waals surface area contributed by atoms with Crippen LogP contribution >= 0.6 is 11.6 Å². The van der Waals surface area contributed by atoms with Crippen molar-refractivity contribution in [3.05, 3.63) is 28.8 Å². The molecule has 20 heavy (non-hydrogen) atoms. The average molecular weight is 297 g/mol. The highest BCUT2D eigenvalue weighted by atomic mass is 35.5. The molecule has 0 aromatic heterocycles. The summed E-state index contributed by atoms with van der Waals surface area (Å²) in [6, 6.07) is 5.45. The molecule has 3 nitrogen and oxygen atoms in total. The van der Waals surface area contributed by atoms with Crippen LogP contribution in [0.25, 0.3) is 0 Å². The van der Waals surface area contributed by atoms with Crippen molar-refractivity contribution in [3.63, 3.8) is 0 Å². The van der Waals surface area contributed by atoms with Crippen LogP contribution in [0, 0.1) is 18.8 Å². The number of anilines is 1. The van der Waals surface area contributed by atoms with Gasteiger partial charge in [-0.15, -0.1) is 0 Å². The van der Waals surface area contributed by atoms with Crippen LogP contribution in [0.1, 0.15) is 33.3 Å². The van der Waals surface area contributed by atoms with E-state index in [2.05, 4.69) is 33.0 Å². The van der Waals surface area contributed by atoms with E-state index in [1.807, 2.05) is 24.0 Å². The predicted molar refractivity (Wildman–Crippen MR) is 86.5 cm³/mol. The first-order valence-corrected chi connectivity index (χ1v) is 7.49. The van der Waals surface area contributed by atoms with Gasteiger partial charge in [-0.2, -0.15) is 0 Å². The summed E-state index contributed by atoms with van der Waals surface area (Å²) in [6.07, 6.45) is 0. The molecule has 1 rings (SSSR count). The number of benzene rings is 1. The van der Waals surface area contributed by atoms with Crippen molar-refractivity contribution in [2.75, 3.05) is 18.4 Å². The molecular weight excluding hydrogens is 272 g/mol. The van der Waals surface area contributed by atoms with Crippen LogP contribution in [-0.2, 0) is 0 Å². The number of carbonyl (C=O) groups is 1. The predicted octanol–water partition coefficient (Wildman–Crippen LogP) is 4.79. The summed E-state index contributed by atoms with van der Waals surface area (Å²) in [4.78, 5) is 14.3. The average Bonchev–Trinajstić information content (AvgIpc) is 2.30. The molecule has 0 heterocycles. The number of amides is 2. The van der Waals surface area contributed by atoms with Gasteiger partial charge in [0, 0.05) is 23.8 Å². The summed E-state index contributed by atoms with van der Waals surface area (Å²) in [6.45, 7) is 11.9. The minimum Gasteiger partial charge on any atom is -0.324 e. The zero-order chi connectivity index (χ0) is 15.3. The third-order valence-electron chi connectivity index (χ3n) is 2.89. The fourth-order valence-corrected chi connectivity index (χ4v) is 2.31. The van der Waals surface area contributed by atoms with Gasteiger partial charge in [-0.05, 0) is 42.5 Å².